The van der Waals surface area contributed by atoms with Crippen molar-refractivity contribution in [2.45, 2.75) is 25.8 Å². The van der Waals surface area contributed by atoms with E-state index in [2.05, 4.69) is 5.10 Å². The van der Waals surface area contributed by atoms with Crippen LogP contribution in [0.25, 0.3) is 10.8 Å². The van der Waals surface area contributed by atoms with Crippen molar-refractivity contribution in [3.05, 3.63) is 87.7 Å². The fourth-order valence-corrected chi connectivity index (χ4v) is 4.62. The number of benzene rings is 2. The van der Waals surface area contributed by atoms with Gasteiger partial charge in [0.05, 0.1) is 29.2 Å². The summed E-state index contributed by atoms with van der Waals surface area (Å²) in [5.74, 6) is -1.38. The summed E-state index contributed by atoms with van der Waals surface area (Å²) in [5, 5.41) is 5.97. The first kappa shape index (κ1) is 21.8. The van der Waals surface area contributed by atoms with Gasteiger partial charge in [-0.2, -0.15) is 4.68 Å². The molecule has 2 aromatic heterocycles. The highest BCUT2D eigenvalue weighted by Crippen LogP contribution is 2.36. The van der Waals surface area contributed by atoms with Gasteiger partial charge in [0, 0.05) is 0 Å². The lowest BCUT2D eigenvalue weighted by molar-refractivity contribution is -0.147. The van der Waals surface area contributed by atoms with E-state index in [1.54, 1.807) is 11.0 Å². The summed E-state index contributed by atoms with van der Waals surface area (Å²) in [7, 11) is 0. The summed E-state index contributed by atoms with van der Waals surface area (Å²) in [6.07, 6.45) is 1.52. The number of thiophene rings is 1. The molecular formula is C25H21N3O5S. The van der Waals surface area contributed by atoms with E-state index in [0.717, 1.165) is 44.9 Å². The Bertz CT molecular complexity index is 1340. The van der Waals surface area contributed by atoms with Crippen molar-refractivity contribution in [1.29, 1.82) is 0 Å². The minimum absolute atomic E-state index is 0.00386. The van der Waals surface area contributed by atoms with Crippen LogP contribution in [0, 0.1) is 0 Å². The Morgan fingerprint density at radius 1 is 0.971 bits per heavy atom. The van der Waals surface area contributed by atoms with Crippen LogP contribution in [0.1, 0.15) is 17.5 Å². The van der Waals surface area contributed by atoms with Crippen LogP contribution in [0.3, 0.4) is 0 Å². The van der Waals surface area contributed by atoms with Crippen molar-refractivity contribution in [2.75, 3.05) is 11.5 Å². The van der Waals surface area contributed by atoms with Gasteiger partial charge < -0.3 is 9.15 Å². The summed E-state index contributed by atoms with van der Waals surface area (Å²) in [5.41, 5.74) is 3.71. The van der Waals surface area contributed by atoms with E-state index in [1.165, 1.54) is 11.3 Å². The number of nitrogens with zero attached hydrogens (tertiary/aromatic N) is 3. The molecule has 34 heavy (non-hydrogen) atoms. The Labute approximate surface area is 199 Å². The van der Waals surface area contributed by atoms with Crippen LogP contribution < -0.4 is 10.7 Å². The lowest BCUT2D eigenvalue weighted by Gasteiger charge is -2.24. The molecule has 9 heteroatoms. The molecule has 0 saturated carbocycles. The van der Waals surface area contributed by atoms with Crippen LogP contribution >= 0.6 is 11.3 Å². The average Bonchev–Trinajstić information content (AvgIpc) is 3.48. The van der Waals surface area contributed by atoms with Crippen LogP contribution in [-0.4, -0.2) is 28.3 Å². The smallest absolute Gasteiger partial charge is 0.437 e. The second-order valence-corrected chi connectivity index (χ2v) is 8.72. The van der Waals surface area contributed by atoms with E-state index >= 15 is 0 Å². The molecule has 8 nitrogen and oxygen atoms in total. The standard InChI is InChI=1S/C25H21N3O5S/c29-22(28-19-8-3-1-6-17(19)11-12-18-7-2-4-9-20(18)28)16-32-23(30)13-14-27-25(31)33-24(26-27)21-10-5-15-34-21/h1-10,15H,11-14,16H2. The van der Waals surface area contributed by atoms with Gasteiger partial charge in [-0.1, -0.05) is 42.5 Å². The van der Waals surface area contributed by atoms with Crippen molar-refractivity contribution in [1.82, 2.24) is 9.78 Å². The maximum absolute atomic E-state index is 13.2. The molecule has 0 saturated heterocycles. The maximum atomic E-state index is 13.2. The molecule has 172 valence electrons. The van der Waals surface area contributed by atoms with Gasteiger partial charge in [-0.15, -0.1) is 16.4 Å². The normalized spacial score (nSPS) is 12.5. The minimum Gasteiger partial charge on any atom is -0.455 e. The number of anilines is 2. The Kier molecular flexibility index (Phi) is 6.09. The van der Waals surface area contributed by atoms with Crippen molar-refractivity contribution in [3.8, 4) is 10.8 Å². The third-order valence-corrected chi connectivity index (χ3v) is 6.46. The number of esters is 1. The Hall–Kier alpha value is -3.98. The molecule has 5 rings (SSSR count). The quantitative estimate of drug-likeness (QED) is 0.392. The third kappa shape index (κ3) is 4.42. The molecule has 0 atom stereocenters. The molecule has 0 spiro atoms. The summed E-state index contributed by atoms with van der Waals surface area (Å²) >= 11 is 1.40. The van der Waals surface area contributed by atoms with Gasteiger partial charge in [0.15, 0.2) is 6.61 Å². The zero-order chi connectivity index (χ0) is 23.5. The number of amides is 1. The SMILES string of the molecule is O=C(CCn1nc(-c2cccs2)oc1=O)OCC(=O)N1c2ccccc2CCc2ccccc21. The Balaban J connectivity index is 1.25. The van der Waals surface area contributed by atoms with E-state index in [-0.39, 0.29) is 24.8 Å². The molecule has 1 aliphatic rings. The largest absolute Gasteiger partial charge is 0.455 e. The third-order valence-electron chi connectivity index (χ3n) is 5.60. The molecule has 0 bridgehead atoms. The van der Waals surface area contributed by atoms with Crippen LogP contribution in [0.5, 0.6) is 0 Å². The summed E-state index contributed by atoms with van der Waals surface area (Å²) < 4.78 is 11.5. The predicted molar refractivity (Wildman–Crippen MR) is 127 cm³/mol. The zero-order valence-electron chi connectivity index (χ0n) is 18.2. The molecule has 4 aromatic rings. The number of aromatic nitrogens is 2. The number of rotatable bonds is 6. The number of carbonyl (C=O) groups excluding carboxylic acids is 2. The van der Waals surface area contributed by atoms with E-state index in [9.17, 15) is 14.4 Å². The van der Waals surface area contributed by atoms with Crippen LogP contribution in [0.15, 0.2) is 75.3 Å². The molecule has 3 heterocycles. The van der Waals surface area contributed by atoms with Crippen molar-refractivity contribution in [2.24, 2.45) is 0 Å². The van der Waals surface area contributed by atoms with Gasteiger partial charge >= 0.3 is 11.7 Å². The number of para-hydroxylation sites is 2. The Morgan fingerprint density at radius 2 is 1.65 bits per heavy atom. The number of ether oxygens (including phenoxy) is 1. The lowest BCUT2D eigenvalue weighted by Crippen LogP contribution is -2.31. The molecule has 0 aliphatic carbocycles. The first-order chi connectivity index (χ1) is 16.6. The highest BCUT2D eigenvalue weighted by atomic mass is 32.1. The predicted octanol–water partition coefficient (Wildman–Crippen LogP) is 3.96. The summed E-state index contributed by atoms with van der Waals surface area (Å²) in [6.45, 7) is -0.411. The summed E-state index contributed by atoms with van der Waals surface area (Å²) in [6, 6.07) is 19.1. The molecular weight excluding hydrogens is 454 g/mol. The lowest BCUT2D eigenvalue weighted by atomic mass is 10.0. The highest BCUT2D eigenvalue weighted by molar-refractivity contribution is 7.13. The molecule has 1 amide bonds. The number of aryl methyl sites for hydroxylation is 3. The van der Waals surface area contributed by atoms with Gasteiger partial charge in [0.2, 0.25) is 0 Å². The van der Waals surface area contributed by atoms with Gasteiger partial charge in [0.1, 0.15) is 0 Å². The van der Waals surface area contributed by atoms with Crippen molar-refractivity contribution >= 4 is 34.6 Å². The maximum Gasteiger partial charge on any atom is 0.437 e. The average molecular weight is 476 g/mol. The number of fused-ring (bicyclic) bond motifs is 2. The van der Waals surface area contributed by atoms with E-state index in [4.69, 9.17) is 9.15 Å². The highest BCUT2D eigenvalue weighted by Gasteiger charge is 2.26. The van der Waals surface area contributed by atoms with Crippen molar-refractivity contribution in [3.63, 3.8) is 0 Å². The molecule has 2 aromatic carbocycles. The fourth-order valence-electron chi connectivity index (χ4n) is 3.97. The number of hydrogen-bond donors (Lipinski definition) is 0. The molecule has 0 N–H and O–H groups in total. The Morgan fingerprint density at radius 3 is 2.29 bits per heavy atom. The van der Waals surface area contributed by atoms with Crippen LogP contribution in [-0.2, 0) is 33.7 Å². The van der Waals surface area contributed by atoms with Gasteiger partial charge in [-0.25, -0.2) is 4.79 Å². The topological polar surface area (TPSA) is 94.6 Å². The second-order valence-electron chi connectivity index (χ2n) is 7.77. The van der Waals surface area contributed by atoms with Crippen molar-refractivity contribution < 1.29 is 18.7 Å². The van der Waals surface area contributed by atoms with E-state index in [1.807, 2.05) is 60.0 Å². The van der Waals surface area contributed by atoms with E-state index in [0.29, 0.717) is 0 Å². The van der Waals surface area contributed by atoms with Gasteiger partial charge in [-0.05, 0) is 47.5 Å². The summed E-state index contributed by atoms with van der Waals surface area (Å²) in [4.78, 5) is 39.9. The first-order valence-electron chi connectivity index (χ1n) is 10.9. The zero-order valence-corrected chi connectivity index (χ0v) is 19.0. The molecule has 0 fully saturated rings. The number of carbonyl (C=O) groups is 2. The molecule has 1 aliphatic heterocycles. The fraction of sp³-hybridized carbons (Fsp3) is 0.200. The minimum atomic E-state index is -0.648. The van der Waals surface area contributed by atoms with Crippen LogP contribution in [0.2, 0.25) is 0 Å². The van der Waals surface area contributed by atoms with Gasteiger partial charge in [0.25, 0.3) is 11.8 Å². The molecule has 0 radical (unpaired) electrons. The molecule has 0 unspecified atom stereocenters. The monoisotopic (exact) mass is 475 g/mol. The number of hydrogen-bond acceptors (Lipinski definition) is 7. The van der Waals surface area contributed by atoms with E-state index < -0.39 is 18.3 Å². The second kappa shape index (κ2) is 9.48. The van der Waals surface area contributed by atoms with Crippen LogP contribution in [0.4, 0.5) is 11.4 Å². The van der Waals surface area contributed by atoms with Gasteiger partial charge in [-0.3, -0.25) is 14.5 Å². The first-order valence-corrected chi connectivity index (χ1v) is 11.7.